The van der Waals surface area contributed by atoms with Crippen molar-refractivity contribution in [1.29, 1.82) is 0 Å². The molecule has 1 aromatic carbocycles. The smallest absolute Gasteiger partial charge is 0.335 e. The quantitative estimate of drug-likeness (QED) is 0.810. The molecule has 116 valence electrons. The van der Waals surface area contributed by atoms with Crippen LogP contribution in [0.25, 0.3) is 0 Å². The number of carboxylic acid groups (broad SMARTS) is 1. The summed E-state index contributed by atoms with van der Waals surface area (Å²) >= 11 is 0. The molecule has 0 bridgehead atoms. The van der Waals surface area contributed by atoms with Crippen LogP contribution in [0, 0.1) is 19.8 Å². The summed E-state index contributed by atoms with van der Waals surface area (Å²) in [6.07, 6.45) is 0.928. The fourth-order valence-corrected chi connectivity index (χ4v) is 1.99. The number of rotatable bonds is 7. The highest BCUT2D eigenvalue weighted by molar-refractivity contribution is 5.88. The molecule has 0 atom stereocenters. The van der Waals surface area contributed by atoms with E-state index >= 15 is 0 Å². The van der Waals surface area contributed by atoms with Crippen LogP contribution in [0.4, 0.5) is 0 Å². The average molecular weight is 293 g/mol. The van der Waals surface area contributed by atoms with E-state index < -0.39 is 5.97 Å². The van der Waals surface area contributed by atoms with Gasteiger partial charge in [0, 0.05) is 6.54 Å². The molecular formula is C16H23NO4. The number of amides is 1. The summed E-state index contributed by atoms with van der Waals surface area (Å²) in [4.78, 5) is 22.6. The third-order valence-electron chi connectivity index (χ3n) is 3.10. The molecule has 1 aromatic rings. The molecule has 1 amide bonds. The van der Waals surface area contributed by atoms with Crippen molar-refractivity contribution in [2.45, 2.75) is 34.1 Å². The van der Waals surface area contributed by atoms with Crippen LogP contribution in [0.15, 0.2) is 12.1 Å². The number of aryl methyl sites for hydroxylation is 2. The van der Waals surface area contributed by atoms with Crippen molar-refractivity contribution in [3.63, 3.8) is 0 Å². The zero-order chi connectivity index (χ0) is 16.0. The summed E-state index contributed by atoms with van der Waals surface area (Å²) in [7, 11) is 0. The molecule has 0 radical (unpaired) electrons. The Kier molecular flexibility index (Phi) is 6.21. The molecule has 0 aliphatic rings. The first-order valence-corrected chi connectivity index (χ1v) is 7.05. The highest BCUT2D eigenvalue weighted by Crippen LogP contribution is 2.24. The van der Waals surface area contributed by atoms with Gasteiger partial charge >= 0.3 is 5.97 Å². The molecule has 5 nitrogen and oxygen atoms in total. The van der Waals surface area contributed by atoms with E-state index in [1.807, 2.05) is 0 Å². The average Bonchev–Trinajstić information content (AvgIpc) is 2.36. The van der Waals surface area contributed by atoms with Gasteiger partial charge in [0.05, 0.1) is 5.56 Å². The highest BCUT2D eigenvalue weighted by atomic mass is 16.5. The Balaban J connectivity index is 2.59. The summed E-state index contributed by atoms with van der Waals surface area (Å²) in [5, 5.41) is 11.8. The van der Waals surface area contributed by atoms with Crippen LogP contribution >= 0.6 is 0 Å². The van der Waals surface area contributed by atoms with Crippen LogP contribution in [0.1, 0.15) is 41.8 Å². The predicted octanol–water partition coefficient (Wildman–Crippen LogP) is 2.54. The largest absolute Gasteiger partial charge is 0.483 e. The summed E-state index contributed by atoms with van der Waals surface area (Å²) in [5.74, 6) is -0.0331. The van der Waals surface area contributed by atoms with Crippen molar-refractivity contribution in [3.05, 3.63) is 28.8 Å². The zero-order valence-corrected chi connectivity index (χ0v) is 13.0. The van der Waals surface area contributed by atoms with Gasteiger partial charge in [0.1, 0.15) is 5.75 Å². The van der Waals surface area contributed by atoms with E-state index in [1.54, 1.807) is 26.0 Å². The summed E-state index contributed by atoms with van der Waals surface area (Å²) in [6.45, 7) is 8.30. The molecule has 0 aromatic heterocycles. The topological polar surface area (TPSA) is 75.6 Å². The van der Waals surface area contributed by atoms with Gasteiger partial charge in [-0.05, 0) is 49.4 Å². The van der Waals surface area contributed by atoms with Gasteiger partial charge in [0.2, 0.25) is 0 Å². The molecule has 5 heteroatoms. The van der Waals surface area contributed by atoms with Gasteiger partial charge < -0.3 is 15.2 Å². The van der Waals surface area contributed by atoms with Crippen molar-refractivity contribution in [1.82, 2.24) is 5.32 Å². The minimum atomic E-state index is -0.973. The first-order chi connectivity index (χ1) is 9.81. The molecule has 0 saturated carbocycles. The monoisotopic (exact) mass is 293 g/mol. The molecule has 0 fully saturated rings. The number of hydrogen-bond acceptors (Lipinski definition) is 3. The number of ether oxygens (including phenoxy) is 1. The summed E-state index contributed by atoms with van der Waals surface area (Å²) in [5.41, 5.74) is 1.64. The van der Waals surface area contributed by atoms with Crippen molar-refractivity contribution < 1.29 is 19.4 Å². The van der Waals surface area contributed by atoms with Crippen LogP contribution in [-0.2, 0) is 4.79 Å². The van der Waals surface area contributed by atoms with E-state index in [-0.39, 0.29) is 18.1 Å². The molecule has 0 spiro atoms. The van der Waals surface area contributed by atoms with Crippen LogP contribution in [0.5, 0.6) is 5.75 Å². The van der Waals surface area contributed by atoms with Gasteiger partial charge in [0.15, 0.2) is 6.61 Å². The lowest BCUT2D eigenvalue weighted by molar-refractivity contribution is -0.123. The second-order valence-corrected chi connectivity index (χ2v) is 5.57. The van der Waals surface area contributed by atoms with Gasteiger partial charge in [-0.1, -0.05) is 13.8 Å². The van der Waals surface area contributed by atoms with Crippen LogP contribution < -0.4 is 10.1 Å². The Hall–Kier alpha value is -2.04. The Morgan fingerprint density at radius 1 is 1.24 bits per heavy atom. The molecule has 1 rings (SSSR count). The van der Waals surface area contributed by atoms with Gasteiger partial charge in [-0.3, -0.25) is 4.79 Å². The first-order valence-electron chi connectivity index (χ1n) is 7.05. The van der Waals surface area contributed by atoms with Crippen LogP contribution in [0.2, 0.25) is 0 Å². The van der Waals surface area contributed by atoms with Gasteiger partial charge in [0.25, 0.3) is 5.91 Å². The van der Waals surface area contributed by atoms with E-state index in [4.69, 9.17) is 9.84 Å². The standard InChI is InChI=1S/C16H23NO4/c1-10(2)5-6-17-14(18)9-21-15-11(3)7-13(16(19)20)8-12(15)4/h7-8,10H,5-6,9H2,1-4H3,(H,17,18)(H,19,20). The lowest BCUT2D eigenvalue weighted by atomic mass is 10.1. The third kappa shape index (κ3) is 5.45. The number of carboxylic acids is 1. The molecule has 0 heterocycles. The summed E-state index contributed by atoms with van der Waals surface area (Å²) < 4.78 is 5.52. The Morgan fingerprint density at radius 3 is 2.29 bits per heavy atom. The fraction of sp³-hybridized carbons (Fsp3) is 0.500. The maximum atomic E-state index is 11.7. The maximum Gasteiger partial charge on any atom is 0.335 e. The predicted molar refractivity (Wildman–Crippen MR) is 80.8 cm³/mol. The van der Waals surface area contributed by atoms with Crippen molar-refractivity contribution >= 4 is 11.9 Å². The molecule has 0 saturated heterocycles. The Labute approximate surface area is 125 Å². The number of aromatic carboxylic acids is 1. The van der Waals surface area contributed by atoms with Crippen LogP contribution in [-0.4, -0.2) is 30.1 Å². The van der Waals surface area contributed by atoms with Crippen molar-refractivity contribution in [2.24, 2.45) is 5.92 Å². The molecular weight excluding hydrogens is 270 g/mol. The van der Waals surface area contributed by atoms with E-state index in [2.05, 4.69) is 19.2 Å². The number of benzene rings is 1. The second kappa shape index (κ2) is 7.67. The minimum Gasteiger partial charge on any atom is -0.483 e. The third-order valence-corrected chi connectivity index (χ3v) is 3.10. The zero-order valence-electron chi connectivity index (χ0n) is 13.0. The first kappa shape index (κ1) is 17.0. The van der Waals surface area contributed by atoms with Crippen molar-refractivity contribution in [2.75, 3.05) is 13.2 Å². The lowest BCUT2D eigenvalue weighted by Gasteiger charge is -2.13. The second-order valence-electron chi connectivity index (χ2n) is 5.57. The van der Waals surface area contributed by atoms with Crippen LogP contribution in [0.3, 0.4) is 0 Å². The molecule has 0 aliphatic heterocycles. The lowest BCUT2D eigenvalue weighted by Crippen LogP contribution is -2.30. The highest BCUT2D eigenvalue weighted by Gasteiger charge is 2.12. The normalized spacial score (nSPS) is 10.5. The SMILES string of the molecule is Cc1cc(C(=O)O)cc(C)c1OCC(=O)NCCC(C)C. The molecule has 0 aliphatic carbocycles. The molecule has 0 unspecified atom stereocenters. The molecule has 21 heavy (non-hydrogen) atoms. The number of hydrogen-bond donors (Lipinski definition) is 2. The van der Waals surface area contributed by atoms with E-state index in [0.29, 0.717) is 29.3 Å². The van der Waals surface area contributed by atoms with Gasteiger partial charge in [-0.2, -0.15) is 0 Å². The van der Waals surface area contributed by atoms with Gasteiger partial charge in [-0.25, -0.2) is 4.79 Å². The number of carbonyl (C=O) groups is 2. The van der Waals surface area contributed by atoms with Gasteiger partial charge in [-0.15, -0.1) is 0 Å². The van der Waals surface area contributed by atoms with Crippen molar-refractivity contribution in [3.8, 4) is 5.75 Å². The fourth-order valence-electron chi connectivity index (χ4n) is 1.99. The minimum absolute atomic E-state index is 0.0633. The Morgan fingerprint density at radius 2 is 1.81 bits per heavy atom. The summed E-state index contributed by atoms with van der Waals surface area (Å²) in [6, 6.07) is 3.09. The Bertz CT molecular complexity index is 500. The molecule has 2 N–H and O–H groups in total. The van der Waals surface area contributed by atoms with E-state index in [0.717, 1.165) is 6.42 Å². The van der Waals surface area contributed by atoms with E-state index in [1.165, 1.54) is 0 Å². The number of carbonyl (C=O) groups excluding carboxylic acids is 1. The number of nitrogens with one attached hydrogen (secondary N) is 1. The van der Waals surface area contributed by atoms with E-state index in [9.17, 15) is 9.59 Å². The maximum absolute atomic E-state index is 11.7.